The molecule has 0 fully saturated rings. The van der Waals surface area contributed by atoms with Gasteiger partial charge in [-0.1, -0.05) is 55.8 Å². The fourth-order valence-electron chi connectivity index (χ4n) is 2.87. The van der Waals surface area contributed by atoms with Crippen molar-refractivity contribution in [2.45, 2.75) is 38.1 Å². The van der Waals surface area contributed by atoms with Gasteiger partial charge >= 0.3 is 5.97 Å². The number of methoxy groups -OCH3 is 1. The molecule has 1 N–H and O–H groups in total. The highest BCUT2D eigenvalue weighted by Crippen LogP contribution is 2.14. The molecule has 0 aliphatic carbocycles. The molecule has 0 radical (unpaired) electrons. The third-order valence-electron chi connectivity index (χ3n) is 4.51. The van der Waals surface area contributed by atoms with E-state index in [0.29, 0.717) is 23.6 Å². The Morgan fingerprint density at radius 3 is 2.09 bits per heavy atom. The van der Waals surface area contributed by atoms with E-state index in [2.05, 4.69) is 46.7 Å². The Balaban J connectivity index is 0.000000336. The Morgan fingerprint density at radius 1 is 0.875 bits per heavy atom. The number of hydrogen-bond acceptors (Lipinski definition) is 4. The van der Waals surface area contributed by atoms with Gasteiger partial charge in [-0.2, -0.15) is 0 Å². The van der Waals surface area contributed by atoms with E-state index in [9.17, 15) is 9.00 Å². The second-order valence-corrected chi connectivity index (χ2v) is 8.22. The topological polar surface area (TPSA) is 64.6 Å². The van der Waals surface area contributed by atoms with Crippen molar-refractivity contribution in [3.8, 4) is 5.75 Å². The summed E-state index contributed by atoms with van der Waals surface area (Å²) in [6.45, 7) is 5.15. The third kappa shape index (κ3) is 8.65. The lowest BCUT2D eigenvalue weighted by atomic mass is 10.1. The van der Waals surface area contributed by atoms with Crippen LogP contribution in [0.15, 0.2) is 83.8 Å². The Hall–Kier alpha value is -2.96. The zero-order valence-electron chi connectivity index (χ0n) is 18.9. The molecule has 0 amide bonds. The number of benzene rings is 3. The summed E-state index contributed by atoms with van der Waals surface area (Å²) in [6.07, 6.45) is 2.45. The number of carbonyl (C=O) groups is 1. The van der Waals surface area contributed by atoms with Crippen molar-refractivity contribution in [3.05, 3.63) is 95.6 Å². The van der Waals surface area contributed by atoms with Crippen molar-refractivity contribution in [3.63, 3.8) is 0 Å². The Kier molecular flexibility index (Phi) is 11.2. The van der Waals surface area contributed by atoms with Crippen LogP contribution in [0.3, 0.4) is 0 Å². The largest absolute Gasteiger partial charge is 0.494 e. The van der Waals surface area contributed by atoms with Crippen LogP contribution in [0.1, 0.15) is 41.8 Å². The van der Waals surface area contributed by atoms with E-state index in [0.717, 1.165) is 11.3 Å². The molecule has 1 atom stereocenters. The van der Waals surface area contributed by atoms with Gasteiger partial charge in [0.2, 0.25) is 0 Å². The zero-order valence-corrected chi connectivity index (χ0v) is 19.7. The first-order valence-corrected chi connectivity index (χ1v) is 11.8. The lowest BCUT2D eigenvalue weighted by molar-refractivity contribution is 0.0600. The van der Waals surface area contributed by atoms with E-state index in [-0.39, 0.29) is 5.97 Å². The van der Waals surface area contributed by atoms with Gasteiger partial charge in [0.25, 0.3) is 0 Å². The highest BCUT2D eigenvalue weighted by molar-refractivity contribution is 7.83. The minimum Gasteiger partial charge on any atom is -0.494 e. The first kappa shape index (κ1) is 25.3. The molecule has 1 unspecified atom stereocenters. The molecule has 170 valence electrons. The molecule has 0 saturated heterocycles. The first-order valence-electron chi connectivity index (χ1n) is 10.7. The van der Waals surface area contributed by atoms with Gasteiger partial charge in [0.1, 0.15) is 16.7 Å². The lowest BCUT2D eigenvalue weighted by Crippen LogP contribution is -2.16. The van der Waals surface area contributed by atoms with Crippen LogP contribution in [-0.4, -0.2) is 23.9 Å². The maximum atomic E-state index is 12.2. The standard InChI is InChI=1S/C17H19NO4S.C9H12/c1-3-22-15-8-10-16(11-9-15)23(20)18-12-13-4-6-14(7-5-13)17(19)21-2;1-2-6-9-7-4-3-5-8-9/h4-11,18H,3,12H2,1-2H3;3-5,7-8H,2,6H2,1H3. The quantitative estimate of drug-likeness (QED) is 0.445. The second-order valence-electron chi connectivity index (χ2n) is 6.92. The number of esters is 1. The smallest absolute Gasteiger partial charge is 0.337 e. The summed E-state index contributed by atoms with van der Waals surface area (Å²) in [4.78, 5) is 12.0. The average molecular weight is 454 g/mol. The molecular weight excluding hydrogens is 422 g/mol. The van der Waals surface area contributed by atoms with Crippen molar-refractivity contribution < 1.29 is 18.5 Å². The van der Waals surface area contributed by atoms with Crippen molar-refractivity contribution in [2.75, 3.05) is 13.7 Å². The number of nitrogens with one attached hydrogen (secondary N) is 1. The van der Waals surface area contributed by atoms with Crippen LogP contribution in [0.4, 0.5) is 0 Å². The predicted molar refractivity (Wildman–Crippen MR) is 129 cm³/mol. The van der Waals surface area contributed by atoms with Crippen molar-refractivity contribution in [2.24, 2.45) is 0 Å². The van der Waals surface area contributed by atoms with Crippen molar-refractivity contribution in [1.82, 2.24) is 4.72 Å². The Labute approximate surface area is 193 Å². The molecule has 32 heavy (non-hydrogen) atoms. The van der Waals surface area contributed by atoms with Gasteiger partial charge in [-0.05, 0) is 60.9 Å². The van der Waals surface area contributed by atoms with E-state index in [1.165, 1.54) is 25.5 Å². The van der Waals surface area contributed by atoms with Gasteiger partial charge in [0.15, 0.2) is 0 Å². The van der Waals surface area contributed by atoms with E-state index in [4.69, 9.17) is 4.74 Å². The highest BCUT2D eigenvalue weighted by Gasteiger charge is 2.06. The summed E-state index contributed by atoms with van der Waals surface area (Å²) in [7, 11) is 0.0360. The number of hydrogen-bond donors (Lipinski definition) is 1. The number of ether oxygens (including phenoxy) is 2. The zero-order chi connectivity index (χ0) is 23.2. The van der Waals surface area contributed by atoms with Crippen LogP contribution in [0.25, 0.3) is 0 Å². The molecule has 0 aliphatic heterocycles. The van der Waals surface area contributed by atoms with Crippen LogP contribution in [0.5, 0.6) is 5.75 Å². The number of rotatable bonds is 9. The van der Waals surface area contributed by atoms with Crippen molar-refractivity contribution >= 4 is 17.0 Å². The van der Waals surface area contributed by atoms with Gasteiger partial charge in [-0.15, -0.1) is 0 Å². The summed E-state index contributed by atoms with van der Waals surface area (Å²) in [5, 5.41) is 0. The molecule has 0 spiro atoms. The summed E-state index contributed by atoms with van der Waals surface area (Å²) < 4.78 is 25.1. The van der Waals surface area contributed by atoms with E-state index < -0.39 is 11.0 Å². The van der Waals surface area contributed by atoms with Crippen LogP contribution in [0, 0.1) is 0 Å². The van der Waals surface area contributed by atoms with E-state index in [1.807, 2.05) is 6.92 Å². The summed E-state index contributed by atoms with van der Waals surface area (Å²) in [6, 6.07) is 24.7. The average Bonchev–Trinajstić information content (AvgIpc) is 2.84. The SMILES string of the molecule is CCCc1ccccc1.CCOc1ccc(S(=O)NCc2ccc(C(=O)OC)cc2)cc1. The van der Waals surface area contributed by atoms with Crippen molar-refractivity contribution in [1.29, 1.82) is 0 Å². The predicted octanol–water partition coefficient (Wildman–Crippen LogP) is 5.32. The molecule has 6 heteroatoms. The number of carbonyl (C=O) groups excluding carboxylic acids is 1. The molecule has 5 nitrogen and oxygen atoms in total. The molecular formula is C26H31NO4S. The van der Waals surface area contributed by atoms with E-state index in [1.54, 1.807) is 48.5 Å². The van der Waals surface area contributed by atoms with Gasteiger partial charge < -0.3 is 9.47 Å². The van der Waals surface area contributed by atoms with E-state index >= 15 is 0 Å². The summed E-state index contributed by atoms with van der Waals surface area (Å²) >= 11 is 0. The molecule has 0 aromatic heterocycles. The minimum absolute atomic E-state index is 0.373. The second kappa shape index (κ2) is 14.2. The molecule has 3 aromatic carbocycles. The molecule has 0 saturated carbocycles. The number of aryl methyl sites for hydroxylation is 1. The van der Waals surface area contributed by atoms with Gasteiger partial charge in [-0.3, -0.25) is 0 Å². The third-order valence-corrected chi connectivity index (χ3v) is 5.62. The normalized spacial score (nSPS) is 11.1. The molecule has 0 bridgehead atoms. The molecule has 0 aliphatic rings. The molecule has 3 rings (SSSR count). The van der Waals surface area contributed by atoms with Gasteiger partial charge in [-0.25, -0.2) is 13.7 Å². The highest BCUT2D eigenvalue weighted by atomic mass is 32.2. The maximum absolute atomic E-state index is 12.2. The first-order chi connectivity index (χ1) is 15.6. The maximum Gasteiger partial charge on any atom is 0.337 e. The summed E-state index contributed by atoms with van der Waals surface area (Å²) in [5.41, 5.74) is 2.86. The van der Waals surface area contributed by atoms with Crippen LogP contribution >= 0.6 is 0 Å². The molecule has 3 aromatic rings. The fourth-order valence-corrected chi connectivity index (χ4v) is 3.72. The van der Waals surface area contributed by atoms with Gasteiger partial charge in [0.05, 0.1) is 24.2 Å². The monoisotopic (exact) mass is 453 g/mol. The van der Waals surface area contributed by atoms with Gasteiger partial charge in [0, 0.05) is 6.54 Å². The van der Waals surface area contributed by atoms with Crippen LogP contribution < -0.4 is 9.46 Å². The Bertz CT molecular complexity index is 957. The summed E-state index contributed by atoms with van der Waals surface area (Å²) in [5.74, 6) is 0.383. The van der Waals surface area contributed by atoms with Crippen LogP contribution in [-0.2, 0) is 28.7 Å². The Morgan fingerprint density at radius 2 is 1.53 bits per heavy atom. The molecule has 0 heterocycles. The fraction of sp³-hybridized carbons (Fsp3) is 0.269. The lowest BCUT2D eigenvalue weighted by Gasteiger charge is -2.07. The van der Waals surface area contributed by atoms with Crippen LogP contribution in [0.2, 0.25) is 0 Å². The minimum atomic E-state index is -1.31.